The number of hydrogen-bond acceptors (Lipinski definition) is 4. The molecule has 1 radical (unpaired) electrons. The third kappa shape index (κ3) is 10.9. The van der Waals surface area contributed by atoms with Gasteiger partial charge in [0.2, 0.25) is 0 Å². The van der Waals surface area contributed by atoms with Crippen LogP contribution in [0.4, 0.5) is 0 Å². The second kappa shape index (κ2) is 16.4. The maximum Gasteiger partial charge on any atom is 0.186 e. The minimum atomic E-state index is -0.0921. The Morgan fingerprint density at radius 2 is 1.17 bits per heavy atom. The summed E-state index contributed by atoms with van der Waals surface area (Å²) >= 11 is 0. The molecule has 0 N–H and O–H groups in total. The Balaban J connectivity index is 0.00000648. The van der Waals surface area contributed by atoms with Gasteiger partial charge < -0.3 is 14.2 Å². The fourth-order valence-electron chi connectivity index (χ4n) is 3.57. The van der Waals surface area contributed by atoms with Gasteiger partial charge in [0.1, 0.15) is 17.2 Å². The molecule has 0 heterocycles. The zero-order chi connectivity index (χ0) is 26.0. The van der Waals surface area contributed by atoms with Gasteiger partial charge in [-0.15, -0.1) is 0 Å². The van der Waals surface area contributed by atoms with E-state index in [1.807, 2.05) is 44.2 Å². The van der Waals surface area contributed by atoms with Crippen LogP contribution >= 0.6 is 8.58 Å². The molecule has 0 aliphatic heterocycles. The molecule has 0 spiro atoms. The molecule has 2 rings (SSSR count). The van der Waals surface area contributed by atoms with E-state index in [2.05, 4.69) is 41.5 Å². The molecule has 0 amide bonds. The summed E-state index contributed by atoms with van der Waals surface area (Å²) in [7, 11) is -0.0921. The summed E-state index contributed by atoms with van der Waals surface area (Å²) in [5, 5.41) is 0.835. The van der Waals surface area contributed by atoms with Gasteiger partial charge in [-0.1, -0.05) is 59.7 Å². The van der Waals surface area contributed by atoms with Crippen molar-refractivity contribution in [3.05, 3.63) is 47.0 Å². The van der Waals surface area contributed by atoms with Crippen LogP contribution in [0, 0.1) is 31.6 Å². The van der Waals surface area contributed by atoms with Crippen LogP contribution in [0.5, 0.6) is 17.2 Å². The second-order valence-corrected chi connectivity index (χ2v) is 11.8. The Morgan fingerprint density at radius 3 is 1.58 bits per heavy atom. The zero-order valence-corrected chi connectivity index (χ0v) is 25.0. The van der Waals surface area contributed by atoms with Crippen molar-refractivity contribution in [3.63, 3.8) is 0 Å². The van der Waals surface area contributed by atoms with Gasteiger partial charge in [-0.25, -0.2) is 0 Å². The fourth-order valence-corrected chi connectivity index (χ4v) is 4.85. The second-order valence-electron chi connectivity index (χ2n) is 10.6. The molecule has 195 valence electrons. The SMILES string of the molecule is Cc1cccc(C)c1C(=O)Pc1c(OCCC(C)C)cc(OCCC(C)C)cc1OCCC(C)C.[Li]. The van der Waals surface area contributed by atoms with E-state index in [0.29, 0.717) is 49.1 Å². The van der Waals surface area contributed by atoms with E-state index in [-0.39, 0.29) is 33.0 Å². The molecule has 0 saturated heterocycles. The van der Waals surface area contributed by atoms with Crippen molar-refractivity contribution in [2.45, 2.75) is 74.7 Å². The maximum absolute atomic E-state index is 13.5. The Bertz CT molecular complexity index is 901. The first-order valence-corrected chi connectivity index (χ1v) is 14.0. The minimum Gasteiger partial charge on any atom is -0.493 e. The van der Waals surface area contributed by atoms with E-state index in [9.17, 15) is 4.79 Å². The number of hydrogen-bond donors (Lipinski definition) is 0. The van der Waals surface area contributed by atoms with Crippen molar-refractivity contribution in [2.24, 2.45) is 17.8 Å². The standard InChI is InChI=1S/C30H45O4P.Li/c1-20(2)12-15-32-25-18-26(33-16-13-21(3)4)29(27(19-25)34-17-14-22(5)6)35-30(31)28-23(7)10-9-11-24(28)8;/h9-11,18-22,35H,12-17H2,1-8H3;. The molecule has 0 aromatic heterocycles. The number of carbonyl (C=O) groups excluding carboxylic acids is 1. The third-order valence-electron chi connectivity index (χ3n) is 5.86. The van der Waals surface area contributed by atoms with Crippen LogP contribution < -0.4 is 19.5 Å². The van der Waals surface area contributed by atoms with E-state index < -0.39 is 0 Å². The van der Waals surface area contributed by atoms with Crippen molar-refractivity contribution in [3.8, 4) is 17.2 Å². The Hall–Kier alpha value is -1.46. The van der Waals surface area contributed by atoms with Gasteiger partial charge in [-0.2, -0.15) is 0 Å². The number of benzene rings is 2. The van der Waals surface area contributed by atoms with Crippen molar-refractivity contribution in [1.29, 1.82) is 0 Å². The van der Waals surface area contributed by atoms with Gasteiger partial charge >= 0.3 is 0 Å². The molecule has 2 aromatic carbocycles. The van der Waals surface area contributed by atoms with Crippen LogP contribution in [0.15, 0.2) is 30.3 Å². The van der Waals surface area contributed by atoms with Crippen LogP contribution in [0.1, 0.15) is 82.3 Å². The smallest absolute Gasteiger partial charge is 0.186 e. The Labute approximate surface area is 233 Å². The number of aryl methyl sites for hydroxylation is 2. The molecule has 2 aromatic rings. The van der Waals surface area contributed by atoms with Crippen LogP contribution in [-0.4, -0.2) is 44.2 Å². The average molecular weight is 508 g/mol. The number of rotatable bonds is 15. The van der Waals surface area contributed by atoms with Crippen LogP contribution in [0.25, 0.3) is 0 Å². The van der Waals surface area contributed by atoms with E-state index in [1.165, 1.54) is 0 Å². The van der Waals surface area contributed by atoms with Crippen molar-refractivity contribution in [1.82, 2.24) is 0 Å². The van der Waals surface area contributed by atoms with Gasteiger partial charge in [0, 0.05) is 36.6 Å². The summed E-state index contributed by atoms with van der Waals surface area (Å²) < 4.78 is 18.6. The third-order valence-corrected chi connectivity index (χ3v) is 7.08. The molecule has 0 bridgehead atoms. The first-order valence-electron chi connectivity index (χ1n) is 13.0. The quantitative estimate of drug-likeness (QED) is 0.187. The fraction of sp³-hybridized carbons (Fsp3) is 0.567. The molecule has 1 atom stereocenters. The molecular formula is C30H45LiO4P. The normalized spacial score (nSPS) is 11.4. The molecule has 6 heteroatoms. The van der Waals surface area contributed by atoms with Gasteiger partial charge in [0.15, 0.2) is 5.52 Å². The molecule has 36 heavy (non-hydrogen) atoms. The first kappa shape index (κ1) is 32.6. The predicted octanol–water partition coefficient (Wildman–Crippen LogP) is 7.34. The summed E-state index contributed by atoms with van der Waals surface area (Å²) in [5.74, 6) is 3.76. The summed E-state index contributed by atoms with van der Waals surface area (Å²) in [4.78, 5) is 13.5. The summed E-state index contributed by atoms with van der Waals surface area (Å²) in [5.41, 5.74) is 2.90. The van der Waals surface area contributed by atoms with Crippen molar-refractivity contribution in [2.75, 3.05) is 19.8 Å². The molecule has 1 unspecified atom stereocenters. The number of ether oxygens (including phenoxy) is 3. The van der Waals surface area contributed by atoms with Crippen molar-refractivity contribution >= 4 is 38.3 Å². The largest absolute Gasteiger partial charge is 0.493 e. The van der Waals surface area contributed by atoms with E-state index in [4.69, 9.17) is 14.2 Å². The Kier molecular flexibility index (Phi) is 14.8. The monoisotopic (exact) mass is 507 g/mol. The van der Waals surface area contributed by atoms with Crippen LogP contribution in [0.2, 0.25) is 0 Å². The van der Waals surface area contributed by atoms with Crippen LogP contribution in [0.3, 0.4) is 0 Å². The van der Waals surface area contributed by atoms with Gasteiger partial charge in [0.25, 0.3) is 0 Å². The van der Waals surface area contributed by atoms with E-state index in [0.717, 1.165) is 47.0 Å². The van der Waals surface area contributed by atoms with Gasteiger partial charge in [-0.05, 0) is 70.6 Å². The van der Waals surface area contributed by atoms with E-state index >= 15 is 0 Å². The maximum atomic E-state index is 13.5. The molecule has 0 aliphatic carbocycles. The predicted molar refractivity (Wildman–Crippen MR) is 155 cm³/mol. The summed E-state index contributed by atoms with van der Waals surface area (Å²) in [6.07, 6.45) is 2.85. The van der Waals surface area contributed by atoms with Crippen LogP contribution in [-0.2, 0) is 0 Å². The Morgan fingerprint density at radius 1 is 0.750 bits per heavy atom. The number of carbonyl (C=O) groups is 1. The van der Waals surface area contributed by atoms with Gasteiger partial charge in [0.05, 0.1) is 25.1 Å². The van der Waals surface area contributed by atoms with E-state index in [1.54, 1.807) is 0 Å². The molecule has 0 fully saturated rings. The average Bonchev–Trinajstić information content (AvgIpc) is 2.75. The first-order chi connectivity index (χ1) is 16.6. The van der Waals surface area contributed by atoms with Crippen molar-refractivity contribution < 1.29 is 19.0 Å². The molecule has 0 saturated carbocycles. The topological polar surface area (TPSA) is 44.8 Å². The molecular weight excluding hydrogens is 462 g/mol. The summed E-state index contributed by atoms with van der Waals surface area (Å²) in [6, 6.07) is 9.87. The summed E-state index contributed by atoms with van der Waals surface area (Å²) in [6.45, 7) is 18.9. The molecule has 0 aliphatic rings. The molecule has 4 nitrogen and oxygen atoms in total. The van der Waals surface area contributed by atoms with Gasteiger partial charge in [-0.3, -0.25) is 4.79 Å². The minimum absolute atomic E-state index is 0. The zero-order valence-electron chi connectivity index (χ0n) is 24.0.